The van der Waals surface area contributed by atoms with Crippen molar-refractivity contribution in [2.24, 2.45) is 0 Å². The molecule has 0 aromatic carbocycles. The first-order valence-electron chi connectivity index (χ1n) is 6.77. The van der Waals surface area contributed by atoms with Crippen molar-refractivity contribution in [2.75, 3.05) is 37.6 Å². The number of likely N-dealkylation sites (N-methyl/N-ethyl adjacent to an activating group) is 1. The van der Waals surface area contributed by atoms with Crippen molar-refractivity contribution in [1.29, 1.82) is 0 Å². The quantitative estimate of drug-likeness (QED) is 0.850. The number of thiazole rings is 1. The van der Waals surface area contributed by atoms with Gasteiger partial charge < -0.3 is 9.80 Å². The predicted molar refractivity (Wildman–Crippen MR) is 83.9 cm³/mol. The van der Waals surface area contributed by atoms with Crippen LogP contribution in [0.1, 0.15) is 12.6 Å². The molecule has 1 saturated heterocycles. The lowest BCUT2D eigenvalue weighted by molar-refractivity contribution is 0.271. The van der Waals surface area contributed by atoms with Gasteiger partial charge in [-0.2, -0.15) is 4.98 Å². The minimum atomic E-state index is 0.478. The van der Waals surface area contributed by atoms with Gasteiger partial charge in [0.15, 0.2) is 11.0 Å². The summed E-state index contributed by atoms with van der Waals surface area (Å²) in [6.07, 6.45) is 0. The number of nitrogens with one attached hydrogen (secondary N) is 2. The molecule has 1 fully saturated rings. The fourth-order valence-electron chi connectivity index (χ4n) is 2.37. The molecule has 0 unspecified atom stereocenters. The van der Waals surface area contributed by atoms with Gasteiger partial charge in [0.1, 0.15) is 0 Å². The van der Waals surface area contributed by atoms with Gasteiger partial charge in [-0.1, -0.05) is 18.3 Å². The second-order valence-electron chi connectivity index (χ2n) is 4.85. The lowest BCUT2D eigenvalue weighted by Gasteiger charge is -2.33. The van der Waals surface area contributed by atoms with Crippen molar-refractivity contribution in [3.63, 3.8) is 0 Å². The Balaban J connectivity index is 1.81. The van der Waals surface area contributed by atoms with Crippen molar-refractivity contribution < 1.29 is 0 Å². The maximum Gasteiger partial charge on any atom is 0.213 e. The van der Waals surface area contributed by atoms with Crippen LogP contribution in [-0.4, -0.2) is 57.8 Å². The van der Waals surface area contributed by atoms with Gasteiger partial charge in [-0.15, -0.1) is 0 Å². The average Bonchev–Trinajstić information content (AvgIpc) is 3.05. The van der Waals surface area contributed by atoms with E-state index in [2.05, 4.69) is 36.9 Å². The number of nitrogens with zero attached hydrogens (tertiary/aromatic N) is 4. The van der Waals surface area contributed by atoms with Crippen LogP contribution in [0.5, 0.6) is 0 Å². The van der Waals surface area contributed by atoms with E-state index in [1.807, 2.05) is 6.92 Å². The fraction of sp³-hybridized carbons (Fsp3) is 0.583. The molecule has 0 bridgehead atoms. The summed E-state index contributed by atoms with van der Waals surface area (Å²) in [7, 11) is 0. The summed E-state index contributed by atoms with van der Waals surface area (Å²) in [5, 5.41) is 6.91. The summed E-state index contributed by atoms with van der Waals surface area (Å²) < 4.78 is 0.478. The van der Waals surface area contributed by atoms with Gasteiger partial charge in [-0.25, -0.2) is 4.98 Å². The molecular formula is C12H18N6S2. The van der Waals surface area contributed by atoms with Crippen LogP contribution >= 0.6 is 23.6 Å². The molecule has 1 aliphatic rings. The zero-order valence-electron chi connectivity index (χ0n) is 11.6. The van der Waals surface area contributed by atoms with Gasteiger partial charge in [0.2, 0.25) is 4.77 Å². The Bertz CT molecular complexity index is 634. The molecule has 0 atom stereocenters. The number of hydrogen-bond donors (Lipinski definition) is 2. The van der Waals surface area contributed by atoms with Crippen molar-refractivity contribution in [3.05, 3.63) is 10.5 Å². The molecule has 3 rings (SSSR count). The van der Waals surface area contributed by atoms with Crippen molar-refractivity contribution >= 4 is 28.7 Å². The first-order chi connectivity index (χ1) is 9.67. The molecule has 2 aromatic rings. The molecule has 0 saturated carbocycles. The lowest BCUT2D eigenvalue weighted by atomic mass is 10.3. The third-order valence-electron chi connectivity index (χ3n) is 3.59. The number of H-pyrrole nitrogens is 2. The van der Waals surface area contributed by atoms with Crippen LogP contribution in [0.15, 0.2) is 0 Å². The van der Waals surface area contributed by atoms with Crippen LogP contribution in [0.4, 0.5) is 5.13 Å². The summed E-state index contributed by atoms with van der Waals surface area (Å²) in [6.45, 7) is 9.64. The number of aromatic nitrogens is 4. The third kappa shape index (κ3) is 2.63. The summed E-state index contributed by atoms with van der Waals surface area (Å²) in [5.41, 5.74) is 1.00. The van der Waals surface area contributed by atoms with Crippen LogP contribution in [-0.2, 0) is 0 Å². The van der Waals surface area contributed by atoms with Crippen LogP contribution in [0.3, 0.4) is 0 Å². The molecular weight excluding hydrogens is 292 g/mol. The van der Waals surface area contributed by atoms with Crippen LogP contribution in [0.2, 0.25) is 0 Å². The van der Waals surface area contributed by atoms with Crippen molar-refractivity contribution in [2.45, 2.75) is 13.8 Å². The maximum absolute atomic E-state index is 5.00. The number of hydrogen-bond acceptors (Lipinski definition) is 6. The Morgan fingerprint density at radius 3 is 2.55 bits per heavy atom. The standard InChI is InChI=1S/C12H18N6S2/c1-3-17-4-6-18(7-5-17)12-13-8(2)9(20-12)10-14-11(19)16-15-10/h3-7H2,1-2H3,(H2,14,15,16,19). The monoisotopic (exact) mass is 310 g/mol. The maximum atomic E-state index is 5.00. The van der Waals surface area contributed by atoms with E-state index in [4.69, 9.17) is 12.2 Å². The van der Waals surface area contributed by atoms with E-state index in [9.17, 15) is 0 Å². The number of aryl methyl sites for hydroxylation is 1. The van der Waals surface area contributed by atoms with E-state index < -0.39 is 0 Å². The second-order valence-corrected chi connectivity index (χ2v) is 6.21. The minimum Gasteiger partial charge on any atom is -0.346 e. The number of piperazine rings is 1. The normalized spacial score (nSPS) is 16.8. The Hall–Kier alpha value is -1.25. The molecule has 1 aliphatic heterocycles. The highest BCUT2D eigenvalue weighted by Gasteiger charge is 2.20. The Labute approximate surface area is 126 Å². The van der Waals surface area contributed by atoms with Crippen LogP contribution in [0, 0.1) is 11.7 Å². The SMILES string of the molecule is CCN1CCN(c2nc(C)c(-c3nc(=S)[nH][nH]3)s2)CC1. The Morgan fingerprint density at radius 1 is 1.20 bits per heavy atom. The highest BCUT2D eigenvalue weighted by Crippen LogP contribution is 2.32. The smallest absolute Gasteiger partial charge is 0.213 e. The first-order valence-corrected chi connectivity index (χ1v) is 7.99. The molecule has 108 valence electrons. The largest absolute Gasteiger partial charge is 0.346 e. The molecule has 0 radical (unpaired) electrons. The number of rotatable bonds is 3. The van der Waals surface area contributed by atoms with E-state index in [0.29, 0.717) is 4.77 Å². The van der Waals surface area contributed by atoms with E-state index in [-0.39, 0.29) is 0 Å². The van der Waals surface area contributed by atoms with Gasteiger partial charge in [0.05, 0.1) is 10.6 Å². The molecule has 6 nitrogen and oxygen atoms in total. The van der Waals surface area contributed by atoms with E-state index >= 15 is 0 Å². The van der Waals surface area contributed by atoms with Gasteiger partial charge in [0, 0.05) is 26.2 Å². The molecule has 0 aliphatic carbocycles. The highest BCUT2D eigenvalue weighted by atomic mass is 32.1. The zero-order valence-corrected chi connectivity index (χ0v) is 13.3. The summed E-state index contributed by atoms with van der Waals surface area (Å²) in [6, 6.07) is 0. The van der Waals surface area contributed by atoms with E-state index in [1.165, 1.54) is 0 Å². The van der Waals surface area contributed by atoms with Crippen LogP contribution < -0.4 is 4.90 Å². The third-order valence-corrected chi connectivity index (χ3v) is 5.01. The van der Waals surface area contributed by atoms with Crippen molar-refractivity contribution in [1.82, 2.24) is 25.1 Å². The predicted octanol–water partition coefficient (Wildman–Crippen LogP) is 2.04. The molecule has 2 N–H and O–H groups in total. The van der Waals surface area contributed by atoms with Crippen LogP contribution in [0.25, 0.3) is 10.7 Å². The zero-order chi connectivity index (χ0) is 14.1. The lowest BCUT2D eigenvalue weighted by Crippen LogP contribution is -2.46. The number of anilines is 1. The van der Waals surface area contributed by atoms with Gasteiger partial charge >= 0.3 is 0 Å². The minimum absolute atomic E-state index is 0.478. The van der Waals surface area contributed by atoms with Gasteiger partial charge in [0.25, 0.3) is 0 Å². The van der Waals surface area contributed by atoms with Crippen molar-refractivity contribution in [3.8, 4) is 10.7 Å². The second kappa shape index (κ2) is 5.63. The van der Waals surface area contributed by atoms with Gasteiger partial charge in [-0.3, -0.25) is 10.2 Å². The first kappa shape index (κ1) is 13.7. The highest BCUT2D eigenvalue weighted by molar-refractivity contribution is 7.71. The van der Waals surface area contributed by atoms with Gasteiger partial charge in [-0.05, 0) is 25.7 Å². The summed E-state index contributed by atoms with van der Waals surface area (Å²) in [5.74, 6) is 0.781. The molecule has 0 amide bonds. The molecule has 20 heavy (non-hydrogen) atoms. The Kier molecular flexibility index (Phi) is 3.86. The summed E-state index contributed by atoms with van der Waals surface area (Å²) in [4.78, 5) is 14.8. The molecule has 2 aromatic heterocycles. The molecule has 0 spiro atoms. The molecule has 8 heteroatoms. The van der Waals surface area contributed by atoms with E-state index in [0.717, 1.165) is 54.3 Å². The number of aromatic amines is 2. The summed E-state index contributed by atoms with van der Waals surface area (Å²) >= 11 is 6.68. The average molecular weight is 310 g/mol. The fourth-order valence-corrected chi connectivity index (χ4v) is 3.58. The topological polar surface area (TPSA) is 63.8 Å². The molecule has 3 heterocycles. The van der Waals surface area contributed by atoms with E-state index in [1.54, 1.807) is 11.3 Å². The Morgan fingerprint density at radius 2 is 1.95 bits per heavy atom.